The highest BCUT2D eigenvalue weighted by molar-refractivity contribution is 5.97. The molecule has 11 heteroatoms. The first-order valence-corrected chi connectivity index (χ1v) is 13.3. The van der Waals surface area contributed by atoms with E-state index in [1.54, 1.807) is 32.4 Å². The number of amides is 1. The third kappa shape index (κ3) is 6.02. The number of aromatic nitrogens is 3. The first-order valence-electron chi connectivity index (χ1n) is 13.3. The maximum absolute atomic E-state index is 15.0. The van der Waals surface area contributed by atoms with Gasteiger partial charge in [0.1, 0.15) is 11.7 Å². The number of halogens is 1. The van der Waals surface area contributed by atoms with Crippen molar-refractivity contribution in [1.82, 2.24) is 24.8 Å². The maximum Gasteiger partial charge on any atom is 0.244 e. The van der Waals surface area contributed by atoms with E-state index < -0.39 is 18.0 Å². The summed E-state index contributed by atoms with van der Waals surface area (Å²) in [4.78, 5) is 30.5. The topological polar surface area (TPSA) is 116 Å². The van der Waals surface area contributed by atoms with Gasteiger partial charge in [-0.3, -0.25) is 14.7 Å². The number of benzene rings is 1. The molecule has 2 aromatic heterocycles. The molecule has 5 rings (SSSR count). The Balaban J connectivity index is 1.35. The number of hydrogen-bond acceptors (Lipinski definition) is 9. The molecule has 3 heterocycles. The molecule has 2 atom stereocenters. The number of aliphatic hydroxyl groups excluding tert-OH is 1. The minimum absolute atomic E-state index is 0.122. The zero-order valence-corrected chi connectivity index (χ0v) is 22.9. The highest BCUT2D eigenvalue weighted by Crippen LogP contribution is 2.37. The van der Waals surface area contributed by atoms with Crippen LogP contribution in [0.15, 0.2) is 48.8 Å². The predicted molar refractivity (Wildman–Crippen MR) is 151 cm³/mol. The molecule has 3 N–H and O–H groups in total. The van der Waals surface area contributed by atoms with Crippen molar-refractivity contribution < 1.29 is 19.0 Å². The van der Waals surface area contributed by atoms with E-state index in [9.17, 15) is 9.90 Å². The van der Waals surface area contributed by atoms with Crippen LogP contribution in [0.25, 0.3) is 5.57 Å². The number of anilines is 3. The number of aliphatic hydroxyl groups is 1. The van der Waals surface area contributed by atoms with Gasteiger partial charge < -0.3 is 25.4 Å². The van der Waals surface area contributed by atoms with Crippen LogP contribution in [0.2, 0.25) is 0 Å². The molecular weight excluding hydrogens is 513 g/mol. The number of allylic oxidation sites excluding steroid dienone is 1. The number of fused-ring (bicyclic) bond motifs is 1. The number of carbonyl (C=O) groups is 1. The zero-order valence-electron chi connectivity index (χ0n) is 22.9. The normalized spacial score (nSPS) is 17.2. The van der Waals surface area contributed by atoms with Crippen LogP contribution in [0.4, 0.5) is 21.7 Å². The molecule has 1 aliphatic heterocycles. The molecule has 0 bridgehead atoms. The molecule has 1 saturated heterocycles. The molecular formula is C29H34FN7O3. The van der Waals surface area contributed by atoms with E-state index in [0.29, 0.717) is 35.7 Å². The van der Waals surface area contributed by atoms with Gasteiger partial charge in [-0.25, -0.2) is 14.4 Å². The van der Waals surface area contributed by atoms with Gasteiger partial charge in [0.05, 0.1) is 36.5 Å². The molecule has 1 unspecified atom stereocenters. The van der Waals surface area contributed by atoms with Crippen LogP contribution in [0, 0.1) is 5.82 Å². The predicted octanol–water partition coefficient (Wildman–Crippen LogP) is 3.00. The van der Waals surface area contributed by atoms with Gasteiger partial charge in [-0.2, -0.15) is 0 Å². The second-order valence-corrected chi connectivity index (χ2v) is 10.1. The number of carbonyl (C=O) groups excluding carboxylic acids is 1. The molecule has 1 aromatic carbocycles. The largest absolute Gasteiger partial charge is 0.387 e. The summed E-state index contributed by atoms with van der Waals surface area (Å²) < 4.78 is 20.4. The standard InChI is InChI=1S/C29H34FN7O3/c1-18(38)24-10-7-19(15-31-24)33-29-32-16-23(30)27(35-29)22-9-8-21-20(22)5-4-6-25(21)34-28(39)26(17-40-3)37-13-11-36(2)12-14-37/h4-7,9-10,15-16,18,26,38H,8,11-14,17H2,1-3H3,(H,34,39)(H,32,33,35)/t18?,26-/m1/s1. The molecule has 3 aromatic rings. The third-order valence-electron chi connectivity index (χ3n) is 7.31. The van der Waals surface area contributed by atoms with Gasteiger partial charge in [-0.1, -0.05) is 18.2 Å². The van der Waals surface area contributed by atoms with Gasteiger partial charge in [0.25, 0.3) is 0 Å². The smallest absolute Gasteiger partial charge is 0.244 e. The maximum atomic E-state index is 15.0. The molecule has 0 spiro atoms. The third-order valence-corrected chi connectivity index (χ3v) is 7.31. The number of ether oxygens (including phenoxy) is 1. The highest BCUT2D eigenvalue weighted by atomic mass is 19.1. The molecule has 10 nitrogen and oxygen atoms in total. The van der Waals surface area contributed by atoms with E-state index in [2.05, 4.69) is 42.4 Å². The number of methoxy groups -OCH3 is 1. The van der Waals surface area contributed by atoms with Crippen molar-refractivity contribution in [2.75, 3.05) is 57.6 Å². The Hall–Kier alpha value is -3.77. The minimum atomic E-state index is -0.676. The molecule has 210 valence electrons. The van der Waals surface area contributed by atoms with E-state index in [1.165, 1.54) is 0 Å². The van der Waals surface area contributed by atoms with Crippen LogP contribution in [0.5, 0.6) is 0 Å². The zero-order chi connectivity index (χ0) is 28.2. The van der Waals surface area contributed by atoms with Crippen LogP contribution < -0.4 is 10.6 Å². The summed E-state index contributed by atoms with van der Waals surface area (Å²) in [6, 6.07) is 8.67. The molecule has 1 fully saturated rings. The van der Waals surface area contributed by atoms with E-state index in [1.807, 2.05) is 24.3 Å². The van der Waals surface area contributed by atoms with Crippen LogP contribution in [0.1, 0.15) is 35.5 Å². The van der Waals surface area contributed by atoms with Crippen molar-refractivity contribution >= 4 is 28.8 Å². The second-order valence-electron chi connectivity index (χ2n) is 10.1. The number of nitrogens with zero attached hydrogens (tertiary/aromatic N) is 5. The SMILES string of the molecule is COC[C@H](C(=O)Nc1cccc2c1CC=C2c1nc(Nc2ccc(C(C)O)nc2)ncc1F)N1CCN(C)CC1. The van der Waals surface area contributed by atoms with Gasteiger partial charge in [-0.15, -0.1) is 0 Å². The fraction of sp³-hybridized carbons (Fsp3) is 0.379. The molecule has 0 radical (unpaired) electrons. The number of nitrogens with one attached hydrogen (secondary N) is 2. The molecule has 1 aliphatic carbocycles. The summed E-state index contributed by atoms with van der Waals surface area (Å²) in [5.41, 5.74) is 4.38. The first-order chi connectivity index (χ1) is 19.3. The quantitative estimate of drug-likeness (QED) is 0.372. The fourth-order valence-electron chi connectivity index (χ4n) is 5.04. The Morgan fingerprint density at radius 3 is 2.65 bits per heavy atom. The van der Waals surface area contributed by atoms with Crippen molar-refractivity contribution in [3.05, 3.63) is 77.1 Å². The number of pyridine rings is 1. The average Bonchev–Trinajstić information content (AvgIpc) is 3.38. The summed E-state index contributed by atoms with van der Waals surface area (Å²) in [6.45, 7) is 5.31. The van der Waals surface area contributed by atoms with Crippen LogP contribution >= 0.6 is 0 Å². The van der Waals surface area contributed by atoms with Crippen molar-refractivity contribution in [3.8, 4) is 0 Å². The van der Waals surface area contributed by atoms with Crippen LogP contribution in [-0.4, -0.2) is 88.8 Å². The van der Waals surface area contributed by atoms with Crippen LogP contribution in [0.3, 0.4) is 0 Å². The lowest BCUT2D eigenvalue weighted by Crippen LogP contribution is -2.54. The highest BCUT2D eigenvalue weighted by Gasteiger charge is 2.30. The van der Waals surface area contributed by atoms with Gasteiger partial charge in [-0.05, 0) is 49.7 Å². The summed E-state index contributed by atoms with van der Waals surface area (Å²) in [7, 11) is 3.68. The summed E-state index contributed by atoms with van der Waals surface area (Å²) in [5, 5.41) is 15.8. The van der Waals surface area contributed by atoms with Gasteiger partial charge in [0.15, 0.2) is 5.82 Å². The summed E-state index contributed by atoms with van der Waals surface area (Å²) in [5.74, 6) is -0.448. The Morgan fingerprint density at radius 1 is 1.15 bits per heavy atom. The van der Waals surface area contributed by atoms with Crippen molar-refractivity contribution in [1.29, 1.82) is 0 Å². The monoisotopic (exact) mass is 547 g/mol. The Labute approximate surface area is 232 Å². The van der Waals surface area contributed by atoms with Crippen molar-refractivity contribution in [2.45, 2.75) is 25.5 Å². The van der Waals surface area contributed by atoms with Gasteiger partial charge >= 0.3 is 0 Å². The van der Waals surface area contributed by atoms with E-state index in [4.69, 9.17) is 4.74 Å². The summed E-state index contributed by atoms with van der Waals surface area (Å²) in [6.07, 6.45) is 4.47. The minimum Gasteiger partial charge on any atom is -0.387 e. The molecule has 1 amide bonds. The van der Waals surface area contributed by atoms with E-state index in [-0.39, 0.29) is 17.5 Å². The van der Waals surface area contributed by atoms with Gasteiger partial charge in [0.2, 0.25) is 11.9 Å². The van der Waals surface area contributed by atoms with E-state index in [0.717, 1.165) is 43.5 Å². The summed E-state index contributed by atoms with van der Waals surface area (Å²) >= 11 is 0. The number of hydrogen-bond donors (Lipinski definition) is 3. The van der Waals surface area contributed by atoms with Crippen LogP contribution in [-0.2, 0) is 16.0 Å². The van der Waals surface area contributed by atoms with Crippen molar-refractivity contribution in [2.24, 2.45) is 0 Å². The Morgan fingerprint density at radius 2 is 1.95 bits per heavy atom. The lowest BCUT2D eigenvalue weighted by atomic mass is 10.0. The molecule has 2 aliphatic rings. The number of likely N-dealkylation sites (N-methyl/N-ethyl adjacent to an activating group) is 1. The van der Waals surface area contributed by atoms with E-state index >= 15 is 4.39 Å². The number of piperazine rings is 1. The number of rotatable bonds is 9. The Kier molecular flexibility index (Phi) is 8.46. The van der Waals surface area contributed by atoms with Gasteiger partial charge in [0, 0.05) is 44.5 Å². The second kappa shape index (κ2) is 12.2. The lowest BCUT2D eigenvalue weighted by Gasteiger charge is -2.36. The average molecular weight is 548 g/mol. The molecule has 40 heavy (non-hydrogen) atoms. The fourth-order valence-corrected chi connectivity index (χ4v) is 5.04. The van der Waals surface area contributed by atoms with Crippen molar-refractivity contribution in [3.63, 3.8) is 0 Å². The Bertz CT molecular complexity index is 1390. The molecule has 0 saturated carbocycles. The first kappa shape index (κ1) is 27.8. The lowest BCUT2D eigenvalue weighted by molar-refractivity contribution is -0.124.